The topological polar surface area (TPSA) is 16.4 Å². The average Bonchev–Trinajstić information content (AvgIpc) is 3.59. The predicted molar refractivity (Wildman–Crippen MR) is 210 cm³/mol. The molecule has 0 atom stereocenters. The van der Waals surface area contributed by atoms with E-state index in [0.717, 1.165) is 72.4 Å². The molecule has 0 saturated heterocycles. The summed E-state index contributed by atoms with van der Waals surface area (Å²) in [6.45, 7) is 0. The van der Waals surface area contributed by atoms with Gasteiger partial charge in [-0.05, 0) is 58.1 Å². The van der Waals surface area contributed by atoms with Gasteiger partial charge in [0.15, 0.2) is 0 Å². The Labute approximate surface area is 292 Å². The Kier molecular flexibility index (Phi) is 7.53. The Bertz CT molecular complexity index is 2570. The number of benzene rings is 8. The molecule has 0 radical (unpaired) electrons. The van der Waals surface area contributed by atoms with Crippen molar-refractivity contribution in [3.63, 3.8) is 0 Å². The molecule has 0 aliphatic rings. The van der Waals surface area contributed by atoms with Gasteiger partial charge in [-0.25, -0.2) is 0 Å². The number of furan rings is 1. The lowest BCUT2D eigenvalue weighted by molar-refractivity contribution is 0.670. The van der Waals surface area contributed by atoms with Gasteiger partial charge in [0.25, 0.3) is 0 Å². The Morgan fingerprint density at radius 3 is 1.56 bits per heavy atom. The van der Waals surface area contributed by atoms with Crippen molar-refractivity contribution >= 4 is 39.0 Å². The molecule has 0 spiro atoms. The Morgan fingerprint density at radius 1 is 0.320 bits per heavy atom. The largest absolute Gasteiger partial charge is 0.455 e. The highest BCUT2D eigenvalue weighted by Gasteiger charge is 2.25. The number of anilines is 3. The summed E-state index contributed by atoms with van der Waals surface area (Å²) in [5, 5.41) is 2.22. The maximum absolute atomic E-state index is 6.71. The minimum absolute atomic E-state index is 0.883. The van der Waals surface area contributed by atoms with Crippen molar-refractivity contribution in [1.82, 2.24) is 0 Å². The van der Waals surface area contributed by atoms with Crippen LogP contribution in [-0.2, 0) is 0 Å². The molecule has 0 aliphatic heterocycles. The van der Waals surface area contributed by atoms with E-state index in [1.807, 2.05) is 6.07 Å². The van der Waals surface area contributed by atoms with E-state index >= 15 is 0 Å². The maximum atomic E-state index is 6.71. The molecule has 0 bridgehead atoms. The Hall–Kier alpha value is -6.64. The van der Waals surface area contributed by atoms with Crippen LogP contribution >= 0.6 is 0 Å². The Morgan fingerprint density at radius 2 is 0.820 bits per heavy atom. The molecule has 0 unspecified atom stereocenters. The van der Waals surface area contributed by atoms with Crippen molar-refractivity contribution < 1.29 is 4.42 Å². The van der Waals surface area contributed by atoms with E-state index in [4.69, 9.17) is 4.42 Å². The standard InChI is InChI=1S/C48H33NO/c1-4-16-34(17-5-1)35-30-32-38(33-31-35)49(44-27-12-10-22-39(44)36-18-6-2-7-19-36)45-28-15-24-40(37-20-8-3-9-21-37)47(45)43-26-14-25-42-41-23-11-13-29-46(41)50-48(42)43/h1-33H. The monoisotopic (exact) mass is 639 g/mol. The van der Waals surface area contributed by atoms with E-state index in [1.165, 1.54) is 11.1 Å². The molecule has 0 fully saturated rings. The molecule has 236 valence electrons. The predicted octanol–water partition coefficient (Wildman–Crippen LogP) is 13.7. The molecular weight excluding hydrogens is 607 g/mol. The number of hydrogen-bond donors (Lipinski definition) is 0. The quantitative estimate of drug-likeness (QED) is 0.173. The van der Waals surface area contributed by atoms with Crippen molar-refractivity contribution in [2.24, 2.45) is 0 Å². The molecular formula is C48H33NO. The summed E-state index contributed by atoms with van der Waals surface area (Å²) in [4.78, 5) is 2.42. The van der Waals surface area contributed by atoms with Gasteiger partial charge in [-0.3, -0.25) is 0 Å². The molecule has 0 N–H and O–H groups in total. The highest BCUT2D eigenvalue weighted by atomic mass is 16.3. The number of rotatable bonds is 7. The highest BCUT2D eigenvalue weighted by Crippen LogP contribution is 2.50. The SMILES string of the molecule is c1ccc(-c2ccc(N(c3ccccc3-c3ccccc3)c3cccc(-c4ccccc4)c3-c3cccc4c3oc3ccccc34)cc2)cc1. The van der Waals surface area contributed by atoms with E-state index in [1.54, 1.807) is 0 Å². The smallest absolute Gasteiger partial charge is 0.143 e. The van der Waals surface area contributed by atoms with Crippen LogP contribution < -0.4 is 4.90 Å². The summed E-state index contributed by atoms with van der Waals surface area (Å²) in [6, 6.07) is 71.0. The van der Waals surface area contributed by atoms with Crippen LogP contribution in [0.3, 0.4) is 0 Å². The molecule has 2 nitrogen and oxygen atoms in total. The van der Waals surface area contributed by atoms with Gasteiger partial charge < -0.3 is 9.32 Å². The summed E-state index contributed by atoms with van der Waals surface area (Å²) in [7, 11) is 0. The molecule has 9 rings (SSSR count). The number of hydrogen-bond acceptors (Lipinski definition) is 2. The van der Waals surface area contributed by atoms with E-state index in [0.29, 0.717) is 0 Å². The number of nitrogens with zero attached hydrogens (tertiary/aromatic N) is 1. The fraction of sp³-hybridized carbons (Fsp3) is 0. The molecule has 0 amide bonds. The van der Waals surface area contributed by atoms with Gasteiger partial charge in [-0.2, -0.15) is 0 Å². The van der Waals surface area contributed by atoms with Gasteiger partial charge in [0.1, 0.15) is 11.2 Å². The summed E-state index contributed by atoms with van der Waals surface area (Å²) >= 11 is 0. The lowest BCUT2D eigenvalue weighted by Crippen LogP contribution is -2.13. The van der Waals surface area contributed by atoms with Crippen LogP contribution in [0.4, 0.5) is 17.1 Å². The number of fused-ring (bicyclic) bond motifs is 3. The normalized spacial score (nSPS) is 11.2. The lowest BCUT2D eigenvalue weighted by atomic mass is 9.90. The van der Waals surface area contributed by atoms with Gasteiger partial charge in [0, 0.05) is 33.2 Å². The first-order valence-electron chi connectivity index (χ1n) is 17.0. The first-order chi connectivity index (χ1) is 24.8. The average molecular weight is 640 g/mol. The van der Waals surface area contributed by atoms with Crippen molar-refractivity contribution in [3.05, 3.63) is 200 Å². The maximum Gasteiger partial charge on any atom is 0.143 e. The van der Waals surface area contributed by atoms with E-state index in [9.17, 15) is 0 Å². The van der Waals surface area contributed by atoms with E-state index < -0.39 is 0 Å². The second-order valence-electron chi connectivity index (χ2n) is 12.5. The Balaban J connectivity index is 1.36. The minimum Gasteiger partial charge on any atom is -0.455 e. The molecule has 9 aromatic rings. The molecule has 0 saturated carbocycles. The van der Waals surface area contributed by atoms with Gasteiger partial charge in [0.05, 0.1) is 11.4 Å². The third-order valence-corrected chi connectivity index (χ3v) is 9.50. The van der Waals surface area contributed by atoms with Crippen LogP contribution in [0, 0.1) is 0 Å². The van der Waals surface area contributed by atoms with Gasteiger partial charge in [-0.15, -0.1) is 0 Å². The van der Waals surface area contributed by atoms with E-state index in [2.05, 4.69) is 199 Å². The van der Waals surface area contributed by atoms with Crippen LogP contribution in [0.1, 0.15) is 0 Å². The summed E-state index contributed by atoms with van der Waals surface area (Å²) in [5.74, 6) is 0. The molecule has 0 aliphatic carbocycles. The second kappa shape index (κ2) is 12.8. The summed E-state index contributed by atoms with van der Waals surface area (Å²) < 4.78 is 6.71. The lowest BCUT2D eigenvalue weighted by Gasteiger charge is -2.31. The summed E-state index contributed by atoms with van der Waals surface area (Å²) in [5.41, 5.74) is 14.1. The highest BCUT2D eigenvalue weighted by molar-refractivity contribution is 6.12. The molecule has 1 heterocycles. The van der Waals surface area contributed by atoms with Crippen LogP contribution in [0.25, 0.3) is 66.4 Å². The fourth-order valence-corrected chi connectivity index (χ4v) is 7.18. The van der Waals surface area contributed by atoms with Crippen molar-refractivity contribution in [1.29, 1.82) is 0 Å². The van der Waals surface area contributed by atoms with Crippen LogP contribution in [0.15, 0.2) is 205 Å². The fourth-order valence-electron chi connectivity index (χ4n) is 7.18. The third kappa shape index (κ3) is 5.24. The third-order valence-electron chi connectivity index (χ3n) is 9.50. The molecule has 2 heteroatoms. The zero-order chi connectivity index (χ0) is 33.3. The summed E-state index contributed by atoms with van der Waals surface area (Å²) in [6.07, 6.45) is 0. The zero-order valence-electron chi connectivity index (χ0n) is 27.4. The molecule has 8 aromatic carbocycles. The van der Waals surface area contributed by atoms with E-state index in [-0.39, 0.29) is 0 Å². The molecule has 50 heavy (non-hydrogen) atoms. The van der Waals surface area contributed by atoms with Gasteiger partial charge in [-0.1, -0.05) is 170 Å². The van der Waals surface area contributed by atoms with Crippen molar-refractivity contribution in [3.8, 4) is 44.5 Å². The first-order valence-corrected chi connectivity index (χ1v) is 17.0. The minimum atomic E-state index is 0.883. The van der Waals surface area contributed by atoms with Gasteiger partial charge >= 0.3 is 0 Å². The molecule has 1 aromatic heterocycles. The van der Waals surface area contributed by atoms with Crippen molar-refractivity contribution in [2.45, 2.75) is 0 Å². The van der Waals surface area contributed by atoms with Gasteiger partial charge in [0.2, 0.25) is 0 Å². The first kappa shape index (κ1) is 29.5. The van der Waals surface area contributed by atoms with Crippen LogP contribution in [-0.4, -0.2) is 0 Å². The second-order valence-corrected chi connectivity index (χ2v) is 12.5. The van der Waals surface area contributed by atoms with Crippen molar-refractivity contribution in [2.75, 3.05) is 4.90 Å². The zero-order valence-corrected chi connectivity index (χ0v) is 27.4. The van der Waals surface area contributed by atoms with Crippen LogP contribution in [0.5, 0.6) is 0 Å². The van der Waals surface area contributed by atoms with Crippen LogP contribution in [0.2, 0.25) is 0 Å². The number of para-hydroxylation sites is 3.